The predicted molar refractivity (Wildman–Crippen MR) is 114 cm³/mol. The number of imide groups is 1. The van der Waals surface area contributed by atoms with Gasteiger partial charge in [0.2, 0.25) is 0 Å². The molecule has 0 saturated carbocycles. The van der Waals surface area contributed by atoms with E-state index in [2.05, 4.69) is 10.1 Å². The van der Waals surface area contributed by atoms with Crippen LogP contribution in [-0.2, 0) is 26.4 Å². The van der Waals surface area contributed by atoms with E-state index in [1.165, 1.54) is 7.11 Å². The SMILES string of the molecule is COC(=O)CCn1c(C)cc(C(=O)CN2C(=O)N[C@@](C)(c3ccc(C)cc3)C2=O)c1C. The fourth-order valence-corrected chi connectivity index (χ4v) is 3.88. The van der Waals surface area contributed by atoms with Crippen LogP contribution >= 0.6 is 0 Å². The van der Waals surface area contributed by atoms with Crippen molar-refractivity contribution in [2.24, 2.45) is 0 Å². The number of nitrogens with zero attached hydrogens (tertiary/aromatic N) is 2. The van der Waals surface area contributed by atoms with Crippen LogP contribution in [0.1, 0.15) is 46.2 Å². The molecule has 1 aromatic heterocycles. The molecule has 1 aliphatic heterocycles. The third-order valence-electron chi connectivity index (χ3n) is 5.85. The monoisotopic (exact) mass is 425 g/mol. The van der Waals surface area contributed by atoms with Crippen LogP contribution in [0.4, 0.5) is 4.79 Å². The minimum absolute atomic E-state index is 0.183. The smallest absolute Gasteiger partial charge is 0.325 e. The molecular formula is C23H27N3O5. The molecule has 1 N–H and O–H groups in total. The van der Waals surface area contributed by atoms with Crippen molar-refractivity contribution in [3.05, 3.63) is 58.4 Å². The number of ether oxygens (including phenoxy) is 1. The minimum Gasteiger partial charge on any atom is -0.469 e. The number of aromatic nitrogens is 1. The van der Waals surface area contributed by atoms with E-state index in [0.29, 0.717) is 23.4 Å². The summed E-state index contributed by atoms with van der Waals surface area (Å²) in [6, 6.07) is 8.46. The lowest BCUT2D eigenvalue weighted by atomic mass is 9.91. The number of methoxy groups -OCH3 is 1. The second kappa shape index (κ2) is 8.37. The third-order valence-corrected chi connectivity index (χ3v) is 5.85. The van der Waals surface area contributed by atoms with Crippen molar-refractivity contribution in [3.8, 4) is 0 Å². The van der Waals surface area contributed by atoms with Crippen LogP contribution in [0, 0.1) is 20.8 Å². The topological polar surface area (TPSA) is 97.7 Å². The van der Waals surface area contributed by atoms with Crippen LogP contribution in [0.3, 0.4) is 0 Å². The number of carbonyl (C=O) groups excluding carboxylic acids is 4. The second-order valence-corrected chi connectivity index (χ2v) is 8.00. The molecule has 1 saturated heterocycles. The lowest BCUT2D eigenvalue weighted by Gasteiger charge is -2.22. The summed E-state index contributed by atoms with van der Waals surface area (Å²) < 4.78 is 6.53. The summed E-state index contributed by atoms with van der Waals surface area (Å²) in [5.41, 5.74) is 2.40. The fourth-order valence-electron chi connectivity index (χ4n) is 3.88. The summed E-state index contributed by atoms with van der Waals surface area (Å²) >= 11 is 0. The van der Waals surface area contributed by atoms with Gasteiger partial charge in [-0.15, -0.1) is 0 Å². The number of benzene rings is 1. The van der Waals surface area contributed by atoms with Crippen LogP contribution in [0.2, 0.25) is 0 Å². The molecule has 2 aromatic rings. The zero-order chi connectivity index (χ0) is 22.9. The molecule has 8 heteroatoms. The summed E-state index contributed by atoms with van der Waals surface area (Å²) in [6.07, 6.45) is 0.183. The molecule has 1 atom stereocenters. The lowest BCUT2D eigenvalue weighted by molar-refractivity contribution is -0.140. The molecule has 0 bridgehead atoms. The first-order valence-corrected chi connectivity index (χ1v) is 10.1. The van der Waals surface area contributed by atoms with E-state index in [0.717, 1.165) is 16.2 Å². The summed E-state index contributed by atoms with van der Waals surface area (Å²) in [4.78, 5) is 51.1. The van der Waals surface area contributed by atoms with Gasteiger partial charge >= 0.3 is 12.0 Å². The number of esters is 1. The number of carbonyl (C=O) groups is 4. The molecule has 0 spiro atoms. The third kappa shape index (κ3) is 4.10. The van der Waals surface area contributed by atoms with Crippen LogP contribution in [0.15, 0.2) is 30.3 Å². The van der Waals surface area contributed by atoms with Crippen molar-refractivity contribution in [1.82, 2.24) is 14.8 Å². The van der Waals surface area contributed by atoms with Gasteiger partial charge in [0, 0.05) is 23.5 Å². The van der Waals surface area contributed by atoms with Gasteiger partial charge in [-0.25, -0.2) is 4.79 Å². The molecule has 1 aliphatic rings. The maximum atomic E-state index is 13.1. The van der Waals surface area contributed by atoms with Crippen LogP contribution < -0.4 is 5.32 Å². The zero-order valence-corrected chi connectivity index (χ0v) is 18.4. The van der Waals surface area contributed by atoms with Crippen molar-refractivity contribution in [3.63, 3.8) is 0 Å². The van der Waals surface area contributed by atoms with Gasteiger partial charge in [-0.05, 0) is 39.3 Å². The van der Waals surface area contributed by atoms with E-state index in [1.807, 2.05) is 30.5 Å². The van der Waals surface area contributed by atoms with E-state index < -0.39 is 17.5 Å². The maximum Gasteiger partial charge on any atom is 0.325 e. The Labute approximate surface area is 181 Å². The van der Waals surface area contributed by atoms with Gasteiger partial charge in [-0.1, -0.05) is 29.8 Å². The predicted octanol–water partition coefficient (Wildman–Crippen LogP) is 2.63. The molecule has 2 heterocycles. The molecule has 8 nitrogen and oxygen atoms in total. The Bertz CT molecular complexity index is 1050. The highest BCUT2D eigenvalue weighted by atomic mass is 16.5. The largest absolute Gasteiger partial charge is 0.469 e. The van der Waals surface area contributed by atoms with Crippen LogP contribution in [0.5, 0.6) is 0 Å². The van der Waals surface area contributed by atoms with Gasteiger partial charge in [0.05, 0.1) is 20.1 Å². The Morgan fingerprint density at radius 2 is 1.74 bits per heavy atom. The molecule has 1 fully saturated rings. The molecule has 0 aliphatic carbocycles. The van der Waals surface area contributed by atoms with E-state index in [-0.39, 0.29) is 24.7 Å². The normalized spacial score (nSPS) is 18.3. The Kier molecular flexibility index (Phi) is 6.01. The van der Waals surface area contributed by atoms with Gasteiger partial charge in [0.15, 0.2) is 5.78 Å². The highest BCUT2D eigenvalue weighted by Crippen LogP contribution is 2.29. The Hall–Kier alpha value is -3.42. The molecule has 0 unspecified atom stereocenters. The number of rotatable bonds is 7. The quantitative estimate of drug-likeness (QED) is 0.418. The van der Waals surface area contributed by atoms with Crippen molar-refractivity contribution in [2.75, 3.05) is 13.7 Å². The highest BCUT2D eigenvalue weighted by molar-refractivity contribution is 6.11. The Morgan fingerprint density at radius 1 is 1.10 bits per heavy atom. The second-order valence-electron chi connectivity index (χ2n) is 8.00. The number of nitrogens with one attached hydrogen (secondary N) is 1. The molecule has 3 rings (SSSR count). The average Bonchev–Trinajstić information content (AvgIpc) is 3.14. The fraction of sp³-hybridized carbons (Fsp3) is 0.391. The first kappa shape index (κ1) is 22.3. The van der Waals surface area contributed by atoms with Crippen molar-refractivity contribution in [1.29, 1.82) is 0 Å². The summed E-state index contributed by atoms with van der Waals surface area (Å²) in [6.45, 7) is 7.22. The van der Waals surface area contributed by atoms with E-state index in [9.17, 15) is 19.2 Å². The Balaban J connectivity index is 1.79. The zero-order valence-electron chi connectivity index (χ0n) is 18.4. The molecule has 0 radical (unpaired) electrons. The van der Waals surface area contributed by atoms with Gasteiger partial charge < -0.3 is 14.6 Å². The van der Waals surface area contributed by atoms with Gasteiger partial charge in [-0.2, -0.15) is 0 Å². The summed E-state index contributed by atoms with van der Waals surface area (Å²) in [5.74, 6) is -1.14. The van der Waals surface area contributed by atoms with E-state index >= 15 is 0 Å². The van der Waals surface area contributed by atoms with Crippen molar-refractivity contribution >= 4 is 23.7 Å². The molecule has 164 valence electrons. The van der Waals surface area contributed by atoms with E-state index in [4.69, 9.17) is 0 Å². The van der Waals surface area contributed by atoms with Crippen LogP contribution in [-0.4, -0.2) is 46.8 Å². The number of urea groups is 1. The van der Waals surface area contributed by atoms with Crippen LogP contribution in [0.25, 0.3) is 0 Å². The number of hydrogen-bond donors (Lipinski definition) is 1. The number of ketones is 1. The van der Waals surface area contributed by atoms with Crippen molar-refractivity contribution < 1.29 is 23.9 Å². The number of Topliss-reactive ketones (excluding diaryl/α,β-unsaturated/α-hetero) is 1. The van der Waals surface area contributed by atoms with Gasteiger partial charge in [0.25, 0.3) is 5.91 Å². The first-order chi connectivity index (χ1) is 14.6. The lowest BCUT2D eigenvalue weighted by Crippen LogP contribution is -2.41. The minimum atomic E-state index is -1.22. The van der Waals surface area contributed by atoms with Gasteiger partial charge in [0.1, 0.15) is 5.54 Å². The summed E-state index contributed by atoms with van der Waals surface area (Å²) in [5, 5.41) is 2.72. The molecule has 31 heavy (non-hydrogen) atoms. The first-order valence-electron chi connectivity index (χ1n) is 10.1. The van der Waals surface area contributed by atoms with E-state index in [1.54, 1.807) is 32.0 Å². The average molecular weight is 425 g/mol. The Morgan fingerprint density at radius 3 is 2.35 bits per heavy atom. The molecule has 3 amide bonds. The summed E-state index contributed by atoms with van der Waals surface area (Å²) in [7, 11) is 1.33. The molecule has 1 aromatic carbocycles. The number of hydrogen-bond acceptors (Lipinski definition) is 5. The number of aryl methyl sites for hydroxylation is 2. The standard InChI is InChI=1S/C23H27N3O5/c1-14-6-8-17(9-7-14)23(4)21(29)26(22(30)24-23)13-19(27)18-12-15(2)25(16(18)3)11-10-20(28)31-5/h6-9,12H,10-11,13H2,1-5H3,(H,24,30)/t23-/m0/s1. The highest BCUT2D eigenvalue weighted by Gasteiger charge is 2.49. The van der Waals surface area contributed by atoms with Crippen molar-refractivity contribution in [2.45, 2.75) is 46.2 Å². The molecular weight excluding hydrogens is 398 g/mol. The van der Waals surface area contributed by atoms with Gasteiger partial charge in [-0.3, -0.25) is 19.3 Å². The number of amides is 3. The maximum absolute atomic E-state index is 13.1.